The Morgan fingerprint density at radius 3 is 2.12 bits per heavy atom. The van der Waals surface area contributed by atoms with Crippen LogP contribution in [0.4, 0.5) is 0 Å². The fraction of sp³-hybridized carbons (Fsp3) is 0.909. The SMILES string of the molecule is CCOCCOCCOCCCNC(C)=O. The van der Waals surface area contributed by atoms with Gasteiger partial charge in [0.2, 0.25) is 5.91 Å². The Hall–Kier alpha value is -0.650. The second-order valence-electron chi connectivity index (χ2n) is 3.26. The van der Waals surface area contributed by atoms with Crippen LogP contribution in [0.25, 0.3) is 0 Å². The third-order valence-electron chi connectivity index (χ3n) is 1.79. The van der Waals surface area contributed by atoms with Gasteiger partial charge < -0.3 is 19.5 Å². The Morgan fingerprint density at radius 2 is 1.56 bits per heavy atom. The summed E-state index contributed by atoms with van der Waals surface area (Å²) < 4.78 is 15.7. The van der Waals surface area contributed by atoms with Crippen molar-refractivity contribution in [3.8, 4) is 0 Å². The summed E-state index contributed by atoms with van der Waals surface area (Å²) in [6.45, 7) is 7.94. The molecule has 0 saturated carbocycles. The number of amides is 1. The lowest BCUT2D eigenvalue weighted by atomic mass is 10.4. The molecule has 1 N–H and O–H groups in total. The highest BCUT2D eigenvalue weighted by atomic mass is 16.5. The van der Waals surface area contributed by atoms with Gasteiger partial charge in [0.25, 0.3) is 0 Å². The quantitative estimate of drug-likeness (QED) is 0.530. The molecule has 0 heterocycles. The monoisotopic (exact) mass is 233 g/mol. The highest BCUT2D eigenvalue weighted by molar-refractivity contribution is 5.72. The first-order valence-electron chi connectivity index (χ1n) is 5.75. The lowest BCUT2D eigenvalue weighted by Crippen LogP contribution is -2.22. The normalized spacial score (nSPS) is 10.4. The Bertz CT molecular complexity index is 164. The fourth-order valence-corrected chi connectivity index (χ4v) is 1.02. The van der Waals surface area contributed by atoms with Gasteiger partial charge in [-0.25, -0.2) is 0 Å². The lowest BCUT2D eigenvalue weighted by molar-refractivity contribution is -0.119. The molecular weight excluding hydrogens is 210 g/mol. The van der Waals surface area contributed by atoms with Gasteiger partial charge in [-0.3, -0.25) is 4.79 Å². The molecule has 0 unspecified atom stereocenters. The first-order valence-corrected chi connectivity index (χ1v) is 5.75. The third kappa shape index (κ3) is 13.4. The van der Waals surface area contributed by atoms with Gasteiger partial charge in [-0.1, -0.05) is 0 Å². The summed E-state index contributed by atoms with van der Waals surface area (Å²) in [5, 5.41) is 2.70. The smallest absolute Gasteiger partial charge is 0.216 e. The van der Waals surface area contributed by atoms with Crippen molar-refractivity contribution in [2.45, 2.75) is 20.3 Å². The number of rotatable bonds is 11. The molecule has 0 aromatic carbocycles. The second-order valence-corrected chi connectivity index (χ2v) is 3.26. The summed E-state index contributed by atoms with van der Waals surface area (Å²) in [4.78, 5) is 10.5. The standard InChI is InChI=1S/C11H23NO4/c1-3-14-7-8-16-10-9-15-6-4-5-12-11(2)13/h3-10H2,1-2H3,(H,12,13). The number of carbonyl (C=O) groups is 1. The minimum absolute atomic E-state index is 0.000688. The van der Waals surface area contributed by atoms with Crippen LogP contribution in [0.3, 0.4) is 0 Å². The second kappa shape index (κ2) is 12.4. The maximum atomic E-state index is 10.5. The molecule has 0 aliphatic carbocycles. The highest BCUT2D eigenvalue weighted by Crippen LogP contribution is 1.83. The minimum atomic E-state index is -0.000688. The molecule has 0 spiro atoms. The first-order chi connectivity index (χ1) is 7.77. The topological polar surface area (TPSA) is 56.8 Å². The van der Waals surface area contributed by atoms with Crippen molar-refractivity contribution in [1.29, 1.82) is 0 Å². The molecule has 5 nitrogen and oxygen atoms in total. The van der Waals surface area contributed by atoms with Crippen LogP contribution in [0.2, 0.25) is 0 Å². The van der Waals surface area contributed by atoms with Crippen LogP contribution in [0.1, 0.15) is 20.3 Å². The molecule has 0 saturated heterocycles. The molecule has 0 bridgehead atoms. The van der Waals surface area contributed by atoms with E-state index in [0.29, 0.717) is 39.6 Å². The van der Waals surface area contributed by atoms with Crippen molar-refractivity contribution in [1.82, 2.24) is 5.32 Å². The lowest BCUT2D eigenvalue weighted by Gasteiger charge is -2.06. The molecule has 0 fully saturated rings. The molecule has 16 heavy (non-hydrogen) atoms. The summed E-state index contributed by atoms with van der Waals surface area (Å²) in [5.41, 5.74) is 0. The molecule has 96 valence electrons. The summed E-state index contributed by atoms with van der Waals surface area (Å²) >= 11 is 0. The van der Waals surface area contributed by atoms with Crippen molar-refractivity contribution in [2.24, 2.45) is 0 Å². The van der Waals surface area contributed by atoms with Crippen LogP contribution >= 0.6 is 0 Å². The van der Waals surface area contributed by atoms with Crippen molar-refractivity contribution in [2.75, 3.05) is 46.2 Å². The van der Waals surface area contributed by atoms with Gasteiger partial charge >= 0.3 is 0 Å². The predicted molar refractivity (Wildman–Crippen MR) is 61.4 cm³/mol. The zero-order chi connectivity index (χ0) is 12.1. The number of hydrogen-bond donors (Lipinski definition) is 1. The summed E-state index contributed by atoms with van der Waals surface area (Å²) in [6.07, 6.45) is 0.832. The number of hydrogen-bond acceptors (Lipinski definition) is 4. The van der Waals surface area contributed by atoms with Crippen molar-refractivity contribution in [3.05, 3.63) is 0 Å². The summed E-state index contributed by atoms with van der Waals surface area (Å²) in [7, 11) is 0. The molecule has 0 aromatic rings. The van der Waals surface area contributed by atoms with E-state index in [0.717, 1.165) is 13.0 Å². The van der Waals surface area contributed by atoms with Gasteiger partial charge in [0.05, 0.1) is 26.4 Å². The van der Waals surface area contributed by atoms with Crippen LogP contribution in [0, 0.1) is 0 Å². The molecule has 0 atom stereocenters. The van der Waals surface area contributed by atoms with Crippen LogP contribution in [-0.2, 0) is 19.0 Å². The van der Waals surface area contributed by atoms with E-state index in [-0.39, 0.29) is 5.91 Å². The summed E-state index contributed by atoms with van der Waals surface area (Å²) in [5.74, 6) is -0.000688. The number of carbonyl (C=O) groups excluding carboxylic acids is 1. The van der Waals surface area contributed by atoms with Crippen molar-refractivity contribution in [3.63, 3.8) is 0 Å². The molecular formula is C11H23NO4. The molecule has 0 aromatic heterocycles. The number of nitrogens with one attached hydrogen (secondary N) is 1. The summed E-state index contributed by atoms with van der Waals surface area (Å²) in [6, 6.07) is 0. The first kappa shape index (κ1) is 15.3. The molecule has 0 radical (unpaired) electrons. The van der Waals surface area contributed by atoms with E-state index in [1.165, 1.54) is 6.92 Å². The predicted octanol–water partition coefficient (Wildman–Crippen LogP) is 0.582. The Kier molecular flexibility index (Phi) is 11.9. The fourth-order valence-electron chi connectivity index (χ4n) is 1.02. The van der Waals surface area contributed by atoms with E-state index in [9.17, 15) is 4.79 Å². The molecule has 0 aliphatic heterocycles. The van der Waals surface area contributed by atoms with Crippen LogP contribution in [-0.4, -0.2) is 52.1 Å². The van der Waals surface area contributed by atoms with Gasteiger partial charge in [0.15, 0.2) is 0 Å². The van der Waals surface area contributed by atoms with Gasteiger partial charge in [-0.2, -0.15) is 0 Å². The average Bonchev–Trinajstić information content (AvgIpc) is 2.25. The van der Waals surface area contributed by atoms with E-state index in [4.69, 9.17) is 14.2 Å². The third-order valence-corrected chi connectivity index (χ3v) is 1.79. The van der Waals surface area contributed by atoms with Crippen molar-refractivity contribution < 1.29 is 19.0 Å². The average molecular weight is 233 g/mol. The van der Waals surface area contributed by atoms with Crippen LogP contribution < -0.4 is 5.32 Å². The van der Waals surface area contributed by atoms with Gasteiger partial charge in [0.1, 0.15) is 0 Å². The molecule has 0 aliphatic rings. The zero-order valence-electron chi connectivity index (χ0n) is 10.3. The van der Waals surface area contributed by atoms with Crippen LogP contribution in [0.5, 0.6) is 0 Å². The largest absolute Gasteiger partial charge is 0.379 e. The number of ether oxygens (including phenoxy) is 3. The van der Waals surface area contributed by atoms with Crippen LogP contribution in [0.15, 0.2) is 0 Å². The minimum Gasteiger partial charge on any atom is -0.379 e. The Balaban J connectivity index is 2.90. The molecule has 5 heteroatoms. The molecule has 0 rings (SSSR count). The van der Waals surface area contributed by atoms with Gasteiger partial charge in [-0.15, -0.1) is 0 Å². The van der Waals surface area contributed by atoms with Gasteiger partial charge in [-0.05, 0) is 13.3 Å². The van der Waals surface area contributed by atoms with E-state index in [1.807, 2.05) is 6.92 Å². The maximum absolute atomic E-state index is 10.5. The highest BCUT2D eigenvalue weighted by Gasteiger charge is 1.92. The van der Waals surface area contributed by atoms with E-state index in [2.05, 4.69) is 5.32 Å². The van der Waals surface area contributed by atoms with Gasteiger partial charge in [0, 0.05) is 26.7 Å². The van der Waals surface area contributed by atoms with E-state index in [1.54, 1.807) is 0 Å². The van der Waals surface area contributed by atoms with E-state index < -0.39 is 0 Å². The van der Waals surface area contributed by atoms with E-state index >= 15 is 0 Å². The Labute approximate surface area is 97.4 Å². The molecule has 1 amide bonds. The van der Waals surface area contributed by atoms with Crippen molar-refractivity contribution >= 4 is 5.91 Å². The maximum Gasteiger partial charge on any atom is 0.216 e. The zero-order valence-corrected chi connectivity index (χ0v) is 10.3. The Morgan fingerprint density at radius 1 is 1.00 bits per heavy atom.